The van der Waals surface area contributed by atoms with Crippen LogP contribution in [-0.4, -0.2) is 79.0 Å². The number of hydrogen-bond donors (Lipinski definition) is 3. The second kappa shape index (κ2) is 18.1. The number of aliphatic hydroxyl groups is 1. The van der Waals surface area contributed by atoms with Crippen molar-refractivity contribution in [3.8, 4) is 11.5 Å². The van der Waals surface area contributed by atoms with Gasteiger partial charge in [-0.05, 0) is 95.5 Å². The van der Waals surface area contributed by atoms with Gasteiger partial charge in [0.2, 0.25) is 0 Å². The zero-order chi connectivity index (χ0) is 36.0. The minimum Gasteiger partial charge on any atom is -0.491 e. The van der Waals surface area contributed by atoms with Crippen molar-refractivity contribution in [2.24, 2.45) is 0 Å². The zero-order valence-electron chi connectivity index (χ0n) is 29.4. The van der Waals surface area contributed by atoms with E-state index < -0.39 is 41.4 Å². The topological polar surface area (TPSA) is 145 Å². The first kappa shape index (κ1) is 38.6. The van der Waals surface area contributed by atoms with Crippen LogP contribution in [0.4, 0.5) is 15.3 Å². The van der Waals surface area contributed by atoms with Crippen LogP contribution in [0.15, 0.2) is 78.9 Å². The van der Waals surface area contributed by atoms with Crippen LogP contribution in [0.3, 0.4) is 0 Å². The first-order chi connectivity index (χ1) is 23.1. The number of anilines is 1. The van der Waals surface area contributed by atoms with Crippen LogP contribution in [0.2, 0.25) is 0 Å². The van der Waals surface area contributed by atoms with E-state index in [1.807, 2.05) is 18.2 Å². The Labute approximate surface area is 288 Å². The van der Waals surface area contributed by atoms with Gasteiger partial charge >= 0.3 is 12.2 Å². The summed E-state index contributed by atoms with van der Waals surface area (Å²) >= 11 is 0. The quantitative estimate of drug-likeness (QED) is 0.163. The Morgan fingerprint density at radius 3 is 1.96 bits per heavy atom. The van der Waals surface area contributed by atoms with Crippen molar-refractivity contribution < 1.29 is 43.2 Å². The first-order valence-electron chi connectivity index (χ1n) is 16.1. The van der Waals surface area contributed by atoms with Crippen LogP contribution in [0.5, 0.6) is 11.5 Å². The maximum Gasteiger partial charge on any atom is 0.410 e. The molecular formula is C37H49N3O9. The van der Waals surface area contributed by atoms with Crippen LogP contribution >= 0.6 is 0 Å². The number of alkyl carbamates (subject to hydrolysis) is 1. The van der Waals surface area contributed by atoms with Gasteiger partial charge in [-0.1, -0.05) is 42.5 Å². The highest BCUT2D eigenvalue weighted by Crippen LogP contribution is 2.20. The monoisotopic (exact) mass is 679 g/mol. The van der Waals surface area contributed by atoms with Gasteiger partial charge in [0.25, 0.3) is 5.91 Å². The normalized spacial score (nSPS) is 12.7. The molecule has 0 radical (unpaired) electrons. The Kier molecular flexibility index (Phi) is 14.3. The molecule has 12 heteroatoms. The zero-order valence-corrected chi connectivity index (χ0v) is 29.4. The van der Waals surface area contributed by atoms with Crippen molar-refractivity contribution in [2.75, 3.05) is 38.9 Å². The maximum atomic E-state index is 13.3. The average molecular weight is 680 g/mol. The Balaban J connectivity index is 1.61. The summed E-state index contributed by atoms with van der Waals surface area (Å²) < 4.78 is 27.0. The molecule has 12 nitrogen and oxygen atoms in total. The predicted molar refractivity (Wildman–Crippen MR) is 186 cm³/mol. The molecule has 266 valence electrons. The molecule has 3 amide bonds. The smallest absolute Gasteiger partial charge is 0.410 e. The van der Waals surface area contributed by atoms with E-state index in [-0.39, 0.29) is 26.5 Å². The Morgan fingerprint density at radius 1 is 0.796 bits per heavy atom. The molecule has 0 fully saturated rings. The first-order valence-corrected chi connectivity index (χ1v) is 16.1. The molecule has 0 saturated heterocycles. The van der Waals surface area contributed by atoms with E-state index in [1.54, 1.807) is 102 Å². The third kappa shape index (κ3) is 14.5. The summed E-state index contributed by atoms with van der Waals surface area (Å²) in [5.41, 5.74) is 0.563. The van der Waals surface area contributed by atoms with Gasteiger partial charge in [0.05, 0.1) is 6.54 Å². The fourth-order valence-electron chi connectivity index (χ4n) is 4.45. The molecule has 0 heterocycles. The van der Waals surface area contributed by atoms with E-state index >= 15 is 0 Å². The molecule has 3 aromatic carbocycles. The number of amides is 3. The van der Waals surface area contributed by atoms with Gasteiger partial charge in [0.1, 0.15) is 41.5 Å². The van der Waals surface area contributed by atoms with Crippen LogP contribution in [-0.2, 0) is 25.4 Å². The Bertz CT molecular complexity index is 1470. The summed E-state index contributed by atoms with van der Waals surface area (Å²) in [6.07, 6.45) is -1.79. The van der Waals surface area contributed by atoms with Gasteiger partial charge in [-0.3, -0.25) is 4.79 Å². The third-order valence-corrected chi connectivity index (χ3v) is 6.64. The van der Waals surface area contributed by atoms with Crippen LogP contribution < -0.4 is 20.1 Å². The fourth-order valence-corrected chi connectivity index (χ4v) is 4.45. The van der Waals surface area contributed by atoms with E-state index in [4.69, 9.17) is 23.7 Å². The molecule has 0 aliphatic heterocycles. The van der Waals surface area contributed by atoms with Crippen molar-refractivity contribution in [2.45, 2.75) is 71.3 Å². The summed E-state index contributed by atoms with van der Waals surface area (Å²) in [6.45, 7) is 10.9. The van der Waals surface area contributed by atoms with Crippen molar-refractivity contribution in [3.63, 3.8) is 0 Å². The number of nitrogens with one attached hydrogen (secondary N) is 2. The predicted octanol–water partition coefficient (Wildman–Crippen LogP) is 6.09. The van der Waals surface area contributed by atoms with Crippen molar-refractivity contribution in [3.05, 3.63) is 90.0 Å². The molecule has 3 rings (SSSR count). The number of carbonyl (C=O) groups excluding carboxylic acids is 3. The molecule has 3 N–H and O–H groups in total. The van der Waals surface area contributed by atoms with E-state index in [9.17, 15) is 19.5 Å². The second-order valence-electron chi connectivity index (χ2n) is 13.3. The lowest BCUT2D eigenvalue weighted by atomic mass is 10.1. The van der Waals surface area contributed by atoms with Crippen molar-refractivity contribution in [1.82, 2.24) is 10.2 Å². The number of nitrogens with zero attached hydrogens (tertiary/aromatic N) is 1. The fraction of sp³-hybridized carbons (Fsp3) is 0.432. The molecule has 0 saturated carbocycles. The number of aliphatic hydroxyl groups excluding tert-OH is 1. The van der Waals surface area contributed by atoms with Crippen LogP contribution in [0, 0.1) is 0 Å². The SMILES string of the molecule is COCOc1ccc(OC[C@@H](O)CN(CCc2ccc(NC(=O)C(NC(=O)OC(C)(C)C)c3ccccc3)cc2)C(=O)OC(C)(C)C)cc1. The summed E-state index contributed by atoms with van der Waals surface area (Å²) in [4.78, 5) is 40.4. The summed E-state index contributed by atoms with van der Waals surface area (Å²) in [6, 6.07) is 22.0. The van der Waals surface area contributed by atoms with Gasteiger partial charge in [0, 0.05) is 19.3 Å². The molecule has 3 aromatic rings. The maximum absolute atomic E-state index is 13.3. The van der Waals surface area contributed by atoms with E-state index in [0.717, 1.165) is 5.56 Å². The lowest BCUT2D eigenvalue weighted by Crippen LogP contribution is -2.43. The molecule has 0 spiro atoms. The summed E-state index contributed by atoms with van der Waals surface area (Å²) in [5, 5.41) is 16.3. The highest BCUT2D eigenvalue weighted by molar-refractivity contribution is 5.97. The number of carbonyl (C=O) groups is 3. The van der Waals surface area contributed by atoms with Crippen LogP contribution in [0.1, 0.15) is 58.7 Å². The highest BCUT2D eigenvalue weighted by atomic mass is 16.7. The van der Waals surface area contributed by atoms with E-state index in [1.165, 1.54) is 12.0 Å². The molecule has 0 bridgehead atoms. The standard InChI is InChI=1S/C37H49N3O9/c1-36(2,3)48-34(43)39-32(27-11-9-8-10-12-27)33(42)38-28-15-13-26(14-16-28)21-22-40(35(44)49-37(4,5)6)23-29(41)24-46-30-17-19-31(20-18-30)47-25-45-7/h8-20,29,32,41H,21-25H2,1-7H3,(H,38,42)(H,39,43)/t29-,32?/m0/s1. The largest absolute Gasteiger partial charge is 0.491 e. The lowest BCUT2D eigenvalue weighted by Gasteiger charge is -2.29. The van der Waals surface area contributed by atoms with Crippen molar-refractivity contribution in [1.29, 1.82) is 0 Å². The number of methoxy groups -OCH3 is 1. The minimum absolute atomic E-state index is 0.0103. The number of benzene rings is 3. The molecule has 49 heavy (non-hydrogen) atoms. The second-order valence-corrected chi connectivity index (χ2v) is 13.3. The van der Waals surface area contributed by atoms with Gasteiger partial charge in [-0.2, -0.15) is 0 Å². The highest BCUT2D eigenvalue weighted by Gasteiger charge is 2.27. The lowest BCUT2D eigenvalue weighted by molar-refractivity contribution is -0.118. The summed E-state index contributed by atoms with van der Waals surface area (Å²) in [5.74, 6) is 0.718. The average Bonchev–Trinajstić information content (AvgIpc) is 3.03. The molecule has 1 unspecified atom stereocenters. The number of rotatable bonds is 15. The van der Waals surface area contributed by atoms with Crippen molar-refractivity contribution >= 4 is 23.8 Å². The molecule has 0 aromatic heterocycles. The number of hydrogen-bond acceptors (Lipinski definition) is 9. The minimum atomic E-state index is -0.985. The Morgan fingerprint density at radius 2 is 1.39 bits per heavy atom. The number of ether oxygens (including phenoxy) is 5. The van der Waals surface area contributed by atoms with Gasteiger partial charge in [-0.25, -0.2) is 9.59 Å². The molecule has 0 aliphatic carbocycles. The Hall–Kier alpha value is -4.81. The molecule has 0 aliphatic rings. The van der Waals surface area contributed by atoms with E-state index in [0.29, 0.717) is 29.2 Å². The van der Waals surface area contributed by atoms with E-state index in [2.05, 4.69) is 10.6 Å². The van der Waals surface area contributed by atoms with Crippen LogP contribution in [0.25, 0.3) is 0 Å². The third-order valence-electron chi connectivity index (χ3n) is 6.64. The van der Waals surface area contributed by atoms with Gasteiger partial charge in [0.15, 0.2) is 6.79 Å². The van der Waals surface area contributed by atoms with Gasteiger partial charge < -0.3 is 44.3 Å². The molecular weight excluding hydrogens is 630 g/mol. The molecule has 2 atom stereocenters. The summed E-state index contributed by atoms with van der Waals surface area (Å²) in [7, 11) is 1.54. The van der Waals surface area contributed by atoms with Gasteiger partial charge in [-0.15, -0.1) is 0 Å².